The van der Waals surface area contributed by atoms with Crippen LogP contribution in [0.3, 0.4) is 0 Å². The number of nitrogens with one attached hydrogen (secondary N) is 1. The highest BCUT2D eigenvalue weighted by Gasteiger charge is 2.19. The predicted molar refractivity (Wildman–Crippen MR) is 85.1 cm³/mol. The first kappa shape index (κ1) is 15.3. The van der Waals surface area contributed by atoms with Gasteiger partial charge in [0.2, 0.25) is 0 Å². The molecule has 1 aromatic carbocycles. The highest BCUT2D eigenvalue weighted by molar-refractivity contribution is 5.47. The second kappa shape index (κ2) is 7.09. The van der Waals surface area contributed by atoms with Crippen molar-refractivity contribution in [2.75, 3.05) is 24.6 Å². The molecule has 0 spiro atoms. The van der Waals surface area contributed by atoms with Crippen LogP contribution >= 0.6 is 0 Å². The molecule has 3 nitrogen and oxygen atoms in total. The van der Waals surface area contributed by atoms with Gasteiger partial charge in [-0.15, -0.1) is 0 Å². The van der Waals surface area contributed by atoms with Gasteiger partial charge in [0.1, 0.15) is 0 Å². The summed E-state index contributed by atoms with van der Waals surface area (Å²) in [5, 5.41) is 12.9. The Morgan fingerprint density at radius 1 is 1.15 bits per heavy atom. The highest BCUT2D eigenvalue weighted by atomic mass is 16.3. The molecule has 1 aliphatic rings. The van der Waals surface area contributed by atoms with E-state index >= 15 is 0 Å². The molecule has 3 heteroatoms. The van der Waals surface area contributed by atoms with Crippen LogP contribution in [0.2, 0.25) is 0 Å². The van der Waals surface area contributed by atoms with E-state index in [1.165, 1.54) is 43.6 Å². The molecule has 0 radical (unpaired) electrons. The zero-order chi connectivity index (χ0) is 14.4. The maximum Gasteiger partial charge on any atom is 0.0610 e. The molecule has 2 rings (SSSR count). The van der Waals surface area contributed by atoms with Gasteiger partial charge in [-0.25, -0.2) is 0 Å². The van der Waals surface area contributed by atoms with E-state index in [0.29, 0.717) is 0 Å². The molecule has 112 valence electrons. The van der Waals surface area contributed by atoms with Crippen molar-refractivity contribution in [2.45, 2.75) is 51.6 Å². The van der Waals surface area contributed by atoms with Crippen LogP contribution in [0.15, 0.2) is 24.3 Å². The molecule has 1 aliphatic heterocycles. The van der Waals surface area contributed by atoms with Gasteiger partial charge in [0.15, 0.2) is 0 Å². The number of nitrogens with zero attached hydrogens (tertiary/aromatic N) is 1. The Labute approximate surface area is 123 Å². The number of hydrogen-bond donors (Lipinski definition) is 2. The number of piperidine rings is 1. The van der Waals surface area contributed by atoms with E-state index in [1.54, 1.807) is 0 Å². The summed E-state index contributed by atoms with van der Waals surface area (Å²) in [6, 6.07) is 8.85. The van der Waals surface area contributed by atoms with Crippen molar-refractivity contribution >= 4 is 5.69 Å². The Kier molecular flexibility index (Phi) is 5.44. The van der Waals surface area contributed by atoms with Gasteiger partial charge in [-0.1, -0.05) is 19.1 Å². The molecule has 1 unspecified atom stereocenters. The number of anilines is 1. The van der Waals surface area contributed by atoms with Gasteiger partial charge < -0.3 is 15.3 Å². The van der Waals surface area contributed by atoms with E-state index in [0.717, 1.165) is 13.0 Å². The lowest BCUT2D eigenvalue weighted by atomic mass is 10.00. The van der Waals surface area contributed by atoms with Crippen molar-refractivity contribution in [3.8, 4) is 0 Å². The van der Waals surface area contributed by atoms with Gasteiger partial charge in [-0.05, 0) is 50.3 Å². The van der Waals surface area contributed by atoms with E-state index in [1.807, 2.05) is 0 Å². The largest absolute Gasteiger partial charge is 0.394 e. The Bertz CT molecular complexity index is 392. The van der Waals surface area contributed by atoms with Crippen molar-refractivity contribution in [3.05, 3.63) is 29.8 Å². The fourth-order valence-electron chi connectivity index (χ4n) is 2.58. The van der Waals surface area contributed by atoms with Crippen LogP contribution in [0.1, 0.15) is 45.1 Å². The van der Waals surface area contributed by atoms with Crippen LogP contribution in [0.5, 0.6) is 0 Å². The van der Waals surface area contributed by atoms with Gasteiger partial charge in [-0.2, -0.15) is 0 Å². The molecule has 0 amide bonds. The van der Waals surface area contributed by atoms with Gasteiger partial charge in [0, 0.05) is 30.9 Å². The van der Waals surface area contributed by atoms with E-state index in [2.05, 4.69) is 48.3 Å². The zero-order valence-electron chi connectivity index (χ0n) is 12.9. The summed E-state index contributed by atoms with van der Waals surface area (Å²) in [4.78, 5) is 2.48. The number of aliphatic hydroxyl groups is 1. The maximum atomic E-state index is 9.41. The molecular formula is C17H28N2O. The summed E-state index contributed by atoms with van der Waals surface area (Å²) in [7, 11) is 0. The standard InChI is InChI=1S/C17H28N2O/c1-3-17(2,14-20)18-13-15-7-9-16(10-8-15)19-11-5-4-6-12-19/h7-10,18,20H,3-6,11-14H2,1-2H3. The summed E-state index contributed by atoms with van der Waals surface area (Å²) in [5.41, 5.74) is 2.44. The molecule has 1 fully saturated rings. The molecule has 0 aromatic heterocycles. The zero-order valence-corrected chi connectivity index (χ0v) is 12.9. The summed E-state index contributed by atoms with van der Waals surface area (Å²) in [5.74, 6) is 0. The lowest BCUT2D eigenvalue weighted by Crippen LogP contribution is -2.44. The second-order valence-electron chi connectivity index (χ2n) is 6.14. The van der Waals surface area contributed by atoms with Crippen molar-refractivity contribution in [2.24, 2.45) is 0 Å². The van der Waals surface area contributed by atoms with Gasteiger partial charge in [-0.3, -0.25) is 0 Å². The van der Waals surface area contributed by atoms with Crippen LogP contribution < -0.4 is 10.2 Å². The first-order chi connectivity index (χ1) is 9.67. The van der Waals surface area contributed by atoms with Crippen molar-refractivity contribution in [1.29, 1.82) is 0 Å². The minimum absolute atomic E-state index is 0.175. The Balaban J connectivity index is 1.91. The number of aliphatic hydroxyl groups excluding tert-OH is 1. The number of rotatable bonds is 6. The Hall–Kier alpha value is -1.06. The molecule has 1 heterocycles. The fourth-order valence-corrected chi connectivity index (χ4v) is 2.58. The average molecular weight is 276 g/mol. The van der Waals surface area contributed by atoms with Gasteiger partial charge in [0.05, 0.1) is 6.61 Å². The fraction of sp³-hybridized carbons (Fsp3) is 0.647. The van der Waals surface area contributed by atoms with Crippen molar-refractivity contribution < 1.29 is 5.11 Å². The second-order valence-corrected chi connectivity index (χ2v) is 6.14. The average Bonchev–Trinajstić information content (AvgIpc) is 2.54. The number of hydrogen-bond acceptors (Lipinski definition) is 3. The van der Waals surface area contributed by atoms with Crippen molar-refractivity contribution in [1.82, 2.24) is 5.32 Å². The van der Waals surface area contributed by atoms with E-state index < -0.39 is 0 Å². The summed E-state index contributed by atoms with van der Waals surface area (Å²) >= 11 is 0. The van der Waals surface area contributed by atoms with Crippen LogP contribution in [0.4, 0.5) is 5.69 Å². The smallest absolute Gasteiger partial charge is 0.0610 e. The first-order valence-corrected chi connectivity index (χ1v) is 7.86. The van der Waals surface area contributed by atoms with Crippen LogP contribution in [-0.4, -0.2) is 30.3 Å². The van der Waals surface area contributed by atoms with Crippen LogP contribution in [0, 0.1) is 0 Å². The number of benzene rings is 1. The highest BCUT2D eigenvalue weighted by Crippen LogP contribution is 2.20. The van der Waals surface area contributed by atoms with Gasteiger partial charge in [0.25, 0.3) is 0 Å². The lowest BCUT2D eigenvalue weighted by molar-refractivity contribution is 0.169. The molecule has 1 atom stereocenters. The third-order valence-corrected chi connectivity index (χ3v) is 4.51. The third-order valence-electron chi connectivity index (χ3n) is 4.51. The quantitative estimate of drug-likeness (QED) is 0.838. The predicted octanol–water partition coefficient (Wildman–Crippen LogP) is 2.93. The molecule has 2 N–H and O–H groups in total. The van der Waals surface area contributed by atoms with Crippen molar-refractivity contribution in [3.63, 3.8) is 0 Å². The molecule has 1 saturated heterocycles. The topological polar surface area (TPSA) is 35.5 Å². The molecule has 1 aromatic rings. The molecule has 0 bridgehead atoms. The van der Waals surface area contributed by atoms with E-state index in [4.69, 9.17) is 0 Å². The lowest BCUT2D eigenvalue weighted by Gasteiger charge is -2.29. The van der Waals surface area contributed by atoms with Gasteiger partial charge >= 0.3 is 0 Å². The summed E-state index contributed by atoms with van der Waals surface area (Å²) in [6.45, 7) is 7.53. The Morgan fingerprint density at radius 3 is 2.35 bits per heavy atom. The normalized spacial score (nSPS) is 18.9. The molecular weight excluding hydrogens is 248 g/mol. The summed E-state index contributed by atoms with van der Waals surface area (Å²) < 4.78 is 0. The Morgan fingerprint density at radius 2 is 1.80 bits per heavy atom. The summed E-state index contributed by atoms with van der Waals surface area (Å²) in [6.07, 6.45) is 4.92. The van der Waals surface area contributed by atoms with Crippen LogP contribution in [0.25, 0.3) is 0 Å². The SMILES string of the molecule is CCC(C)(CO)NCc1ccc(N2CCCCC2)cc1. The first-order valence-electron chi connectivity index (χ1n) is 7.86. The monoisotopic (exact) mass is 276 g/mol. The maximum absolute atomic E-state index is 9.41. The third kappa shape index (κ3) is 3.97. The minimum Gasteiger partial charge on any atom is -0.394 e. The van der Waals surface area contributed by atoms with Crippen LogP contribution in [-0.2, 0) is 6.54 Å². The van der Waals surface area contributed by atoms with E-state index in [9.17, 15) is 5.11 Å². The minimum atomic E-state index is -0.175. The molecule has 0 aliphatic carbocycles. The molecule has 20 heavy (non-hydrogen) atoms. The van der Waals surface area contributed by atoms with E-state index in [-0.39, 0.29) is 12.1 Å². The molecule has 0 saturated carbocycles.